The van der Waals surface area contributed by atoms with Crippen molar-refractivity contribution in [1.29, 1.82) is 0 Å². The van der Waals surface area contributed by atoms with Crippen LogP contribution in [0.1, 0.15) is 36.5 Å². The smallest absolute Gasteiger partial charge is 0.337 e. The standard InChI is InChI=1S/C25H30F2N4O3/c1-15-13-19-20(14-21(33-3)24(34-4)22(19)27)23(29-31(15)25(32)28-2)16-5-7-18(8-6-16)30-11-9-17(26)10-12-30/h5-8,14-15,17H,9-13H2,1-4H3,(H,28,32)/t15-/m0/s1. The molecule has 1 saturated heterocycles. The minimum atomic E-state index is -0.744. The molecule has 1 fully saturated rings. The highest BCUT2D eigenvalue weighted by Gasteiger charge is 2.31. The van der Waals surface area contributed by atoms with Crippen molar-refractivity contribution in [3.8, 4) is 11.5 Å². The van der Waals surface area contributed by atoms with E-state index < -0.39 is 18.0 Å². The first kappa shape index (κ1) is 23.8. The zero-order valence-corrected chi connectivity index (χ0v) is 19.9. The second-order valence-corrected chi connectivity index (χ2v) is 8.56. The molecule has 0 spiro atoms. The van der Waals surface area contributed by atoms with Gasteiger partial charge in [0.25, 0.3) is 0 Å². The first-order valence-corrected chi connectivity index (χ1v) is 11.4. The van der Waals surface area contributed by atoms with Crippen LogP contribution in [0.15, 0.2) is 35.4 Å². The van der Waals surface area contributed by atoms with Crippen LogP contribution in [-0.2, 0) is 6.42 Å². The highest BCUT2D eigenvalue weighted by atomic mass is 19.1. The molecule has 0 aromatic heterocycles. The minimum Gasteiger partial charge on any atom is -0.493 e. The molecule has 7 nitrogen and oxygen atoms in total. The molecule has 0 aliphatic carbocycles. The predicted octanol–water partition coefficient (Wildman–Crippen LogP) is 4.12. The van der Waals surface area contributed by atoms with Crippen molar-refractivity contribution >= 4 is 17.4 Å². The molecule has 2 aromatic rings. The molecular formula is C25H30F2N4O3. The molecule has 2 aliphatic rings. The van der Waals surface area contributed by atoms with Gasteiger partial charge < -0.3 is 19.7 Å². The Morgan fingerprint density at radius 3 is 2.41 bits per heavy atom. The van der Waals surface area contributed by atoms with Gasteiger partial charge in [-0.1, -0.05) is 12.1 Å². The molecule has 0 radical (unpaired) electrons. The number of amides is 2. The lowest BCUT2D eigenvalue weighted by Gasteiger charge is -2.30. The molecule has 4 rings (SSSR count). The van der Waals surface area contributed by atoms with Gasteiger partial charge in [0.2, 0.25) is 0 Å². The van der Waals surface area contributed by atoms with Crippen molar-refractivity contribution in [2.45, 2.75) is 38.4 Å². The largest absolute Gasteiger partial charge is 0.493 e. The van der Waals surface area contributed by atoms with Crippen LogP contribution < -0.4 is 19.7 Å². The molecule has 2 heterocycles. The normalized spacial score (nSPS) is 18.6. The quantitative estimate of drug-likeness (QED) is 0.727. The zero-order valence-electron chi connectivity index (χ0n) is 19.9. The summed E-state index contributed by atoms with van der Waals surface area (Å²) >= 11 is 0. The van der Waals surface area contributed by atoms with Crippen molar-refractivity contribution in [3.05, 3.63) is 52.8 Å². The van der Waals surface area contributed by atoms with E-state index in [0.29, 0.717) is 42.8 Å². The molecule has 34 heavy (non-hydrogen) atoms. The van der Waals surface area contributed by atoms with Gasteiger partial charge in [-0.25, -0.2) is 18.6 Å². The van der Waals surface area contributed by atoms with Crippen molar-refractivity contribution in [2.24, 2.45) is 5.10 Å². The number of carbonyl (C=O) groups is 1. The van der Waals surface area contributed by atoms with Crippen LogP contribution in [0.25, 0.3) is 0 Å². The Morgan fingerprint density at radius 1 is 1.15 bits per heavy atom. The van der Waals surface area contributed by atoms with E-state index in [-0.39, 0.29) is 24.0 Å². The van der Waals surface area contributed by atoms with Gasteiger partial charge in [-0.3, -0.25) is 0 Å². The summed E-state index contributed by atoms with van der Waals surface area (Å²) in [5.41, 5.74) is 3.11. The van der Waals surface area contributed by atoms with E-state index in [2.05, 4.69) is 15.3 Å². The van der Waals surface area contributed by atoms with E-state index in [1.165, 1.54) is 26.3 Å². The third-order valence-corrected chi connectivity index (χ3v) is 6.44. The Labute approximate surface area is 198 Å². The second kappa shape index (κ2) is 9.87. The van der Waals surface area contributed by atoms with Gasteiger partial charge in [-0.15, -0.1) is 0 Å². The monoisotopic (exact) mass is 472 g/mol. The first-order chi connectivity index (χ1) is 16.4. The molecule has 182 valence electrons. The number of methoxy groups -OCH3 is 2. The van der Waals surface area contributed by atoms with E-state index >= 15 is 4.39 Å². The van der Waals surface area contributed by atoms with Crippen LogP contribution in [0.5, 0.6) is 11.5 Å². The van der Waals surface area contributed by atoms with Crippen LogP contribution in [0.4, 0.5) is 19.3 Å². The Morgan fingerprint density at radius 2 is 1.82 bits per heavy atom. The van der Waals surface area contributed by atoms with E-state index in [1.54, 1.807) is 6.07 Å². The van der Waals surface area contributed by atoms with Crippen molar-refractivity contribution in [3.63, 3.8) is 0 Å². The Kier molecular flexibility index (Phi) is 6.90. The maximum Gasteiger partial charge on any atom is 0.337 e. The molecule has 1 N–H and O–H groups in total. The topological polar surface area (TPSA) is 66.4 Å². The van der Waals surface area contributed by atoms with Crippen molar-refractivity contribution < 1.29 is 23.0 Å². The third-order valence-electron chi connectivity index (χ3n) is 6.44. The molecule has 2 aliphatic heterocycles. The van der Waals surface area contributed by atoms with Crippen LogP contribution in [0.2, 0.25) is 0 Å². The molecular weight excluding hydrogens is 442 g/mol. The summed E-state index contributed by atoms with van der Waals surface area (Å²) in [6.07, 6.45) is 0.536. The molecule has 2 amide bonds. The zero-order chi connectivity index (χ0) is 24.4. The highest BCUT2D eigenvalue weighted by Crippen LogP contribution is 2.38. The second-order valence-electron chi connectivity index (χ2n) is 8.56. The summed E-state index contributed by atoms with van der Waals surface area (Å²) < 4.78 is 39.8. The number of urea groups is 1. The number of alkyl halides is 1. The van der Waals surface area contributed by atoms with E-state index in [4.69, 9.17) is 9.47 Å². The highest BCUT2D eigenvalue weighted by molar-refractivity contribution is 6.14. The fourth-order valence-electron chi connectivity index (χ4n) is 4.55. The number of hydrogen-bond acceptors (Lipinski definition) is 5. The summed E-state index contributed by atoms with van der Waals surface area (Å²) in [5.74, 6) is -0.258. The summed E-state index contributed by atoms with van der Waals surface area (Å²) in [6, 6.07) is 8.61. The number of anilines is 1. The number of hydrogen-bond donors (Lipinski definition) is 1. The lowest BCUT2D eigenvalue weighted by atomic mass is 9.93. The van der Waals surface area contributed by atoms with Gasteiger partial charge in [0.05, 0.1) is 26.0 Å². The van der Waals surface area contributed by atoms with E-state index in [9.17, 15) is 9.18 Å². The first-order valence-electron chi connectivity index (χ1n) is 11.4. The number of nitrogens with one attached hydrogen (secondary N) is 1. The van der Waals surface area contributed by atoms with Gasteiger partial charge in [0.15, 0.2) is 17.3 Å². The number of nitrogens with zero attached hydrogens (tertiary/aromatic N) is 3. The SMILES string of the molecule is CNC(=O)N1N=C(c2ccc(N3CCC(F)CC3)cc2)c2cc(OC)c(OC)c(F)c2C[C@@H]1C. The maximum atomic E-state index is 15.6. The lowest BCUT2D eigenvalue weighted by Crippen LogP contribution is -2.41. The Bertz CT molecular complexity index is 1080. The summed E-state index contributed by atoms with van der Waals surface area (Å²) in [4.78, 5) is 14.8. The number of benzene rings is 2. The number of fused-ring (bicyclic) bond motifs is 1. The number of hydrazone groups is 1. The van der Waals surface area contributed by atoms with Crippen LogP contribution in [-0.4, -0.2) is 63.3 Å². The fourth-order valence-corrected chi connectivity index (χ4v) is 4.55. The number of rotatable bonds is 4. The average Bonchev–Trinajstić information content (AvgIpc) is 3.00. The van der Waals surface area contributed by atoms with Gasteiger partial charge >= 0.3 is 6.03 Å². The van der Waals surface area contributed by atoms with E-state index in [1.807, 2.05) is 31.2 Å². The summed E-state index contributed by atoms with van der Waals surface area (Å²) in [7, 11) is 4.38. The van der Waals surface area contributed by atoms with Crippen molar-refractivity contribution in [2.75, 3.05) is 39.3 Å². The average molecular weight is 473 g/mol. The van der Waals surface area contributed by atoms with Crippen LogP contribution in [0, 0.1) is 5.82 Å². The number of ether oxygens (including phenoxy) is 2. The summed E-state index contributed by atoms with van der Waals surface area (Å²) in [5, 5.41) is 8.62. The predicted molar refractivity (Wildman–Crippen MR) is 127 cm³/mol. The number of carbonyl (C=O) groups excluding carboxylic acids is 1. The van der Waals surface area contributed by atoms with E-state index in [0.717, 1.165) is 11.3 Å². The maximum absolute atomic E-state index is 15.6. The lowest BCUT2D eigenvalue weighted by molar-refractivity contribution is 0.184. The molecule has 1 atom stereocenters. The van der Waals surface area contributed by atoms with Gasteiger partial charge in [-0.2, -0.15) is 5.10 Å². The Balaban J connectivity index is 1.81. The molecule has 9 heteroatoms. The van der Waals surface area contributed by atoms with Gasteiger partial charge in [0, 0.05) is 42.5 Å². The number of halogens is 2. The fraction of sp³-hybridized carbons (Fsp3) is 0.440. The van der Waals surface area contributed by atoms with Gasteiger partial charge in [0.1, 0.15) is 6.17 Å². The summed E-state index contributed by atoms with van der Waals surface area (Å²) in [6.45, 7) is 3.14. The molecule has 2 aromatic carbocycles. The Hall–Kier alpha value is -3.36. The number of piperidine rings is 1. The molecule has 0 bridgehead atoms. The van der Waals surface area contributed by atoms with Crippen molar-refractivity contribution in [1.82, 2.24) is 10.3 Å². The third kappa shape index (κ3) is 4.38. The van der Waals surface area contributed by atoms with Crippen LogP contribution in [0.3, 0.4) is 0 Å². The molecule has 0 saturated carbocycles. The van der Waals surface area contributed by atoms with Gasteiger partial charge in [-0.05, 0) is 44.4 Å². The molecule has 0 unspecified atom stereocenters. The minimum absolute atomic E-state index is 0.0211. The van der Waals surface area contributed by atoms with Crippen LogP contribution >= 0.6 is 0 Å².